The maximum absolute atomic E-state index is 11.7. The molecule has 0 spiro atoms. The van der Waals surface area contributed by atoms with Crippen LogP contribution in [0.2, 0.25) is 0 Å². The van der Waals surface area contributed by atoms with Gasteiger partial charge in [0.15, 0.2) is 0 Å². The number of ether oxygens (including phenoxy) is 1. The summed E-state index contributed by atoms with van der Waals surface area (Å²) in [4.78, 5) is 11.7. The Bertz CT molecular complexity index is 446. The number of benzene rings is 1. The van der Waals surface area contributed by atoms with Crippen LogP contribution in [0.5, 0.6) is 5.75 Å². The topological polar surface area (TPSA) is 70.6 Å². The Morgan fingerprint density at radius 1 is 1.22 bits per heavy atom. The lowest BCUT2D eigenvalue weighted by Gasteiger charge is -2.15. The highest BCUT2D eigenvalue weighted by atomic mass is 16.5. The Kier molecular flexibility index (Phi) is 9.33. The van der Waals surface area contributed by atoms with E-state index in [0.717, 1.165) is 24.9 Å². The summed E-state index contributed by atoms with van der Waals surface area (Å²) >= 11 is 0. The van der Waals surface area contributed by atoms with E-state index in [1.54, 1.807) is 12.1 Å². The minimum Gasteiger partial charge on any atom is -0.491 e. The van der Waals surface area contributed by atoms with Gasteiger partial charge < -0.3 is 20.5 Å². The number of hydrogen-bond donors (Lipinski definition) is 3. The molecule has 1 rings (SSSR count). The van der Waals surface area contributed by atoms with E-state index in [-0.39, 0.29) is 12.5 Å². The second kappa shape index (κ2) is 11.0. The third kappa shape index (κ3) is 9.21. The van der Waals surface area contributed by atoms with Gasteiger partial charge in [0, 0.05) is 24.7 Å². The second-order valence-electron chi connectivity index (χ2n) is 6.06. The average molecular weight is 322 g/mol. The van der Waals surface area contributed by atoms with Crippen LogP contribution in [0.4, 0.5) is 5.69 Å². The van der Waals surface area contributed by atoms with E-state index in [9.17, 15) is 9.90 Å². The van der Waals surface area contributed by atoms with E-state index in [1.165, 1.54) is 0 Å². The Morgan fingerprint density at radius 3 is 2.52 bits per heavy atom. The molecule has 0 unspecified atom stereocenters. The van der Waals surface area contributed by atoms with Crippen LogP contribution in [-0.4, -0.2) is 36.3 Å². The number of aliphatic hydroxyl groups is 1. The summed E-state index contributed by atoms with van der Waals surface area (Å²) in [7, 11) is 0. The number of anilines is 1. The molecule has 5 heteroatoms. The molecule has 0 heterocycles. The van der Waals surface area contributed by atoms with Gasteiger partial charge in [-0.1, -0.05) is 33.6 Å². The van der Waals surface area contributed by atoms with E-state index in [0.29, 0.717) is 24.8 Å². The molecule has 0 radical (unpaired) electrons. The number of rotatable bonds is 11. The van der Waals surface area contributed by atoms with Crippen molar-refractivity contribution < 1.29 is 14.6 Å². The summed E-state index contributed by atoms with van der Waals surface area (Å²) in [5.74, 6) is 0.722. The Morgan fingerprint density at radius 2 is 1.91 bits per heavy atom. The van der Waals surface area contributed by atoms with Crippen LogP contribution < -0.4 is 15.4 Å². The molecule has 1 aromatic carbocycles. The van der Waals surface area contributed by atoms with Gasteiger partial charge >= 0.3 is 0 Å². The van der Waals surface area contributed by atoms with Crippen LogP contribution in [0.1, 0.15) is 46.5 Å². The Labute approximate surface area is 139 Å². The van der Waals surface area contributed by atoms with Gasteiger partial charge in [0.2, 0.25) is 5.91 Å². The Balaban J connectivity index is 2.31. The molecule has 1 atom stereocenters. The molecule has 0 aliphatic heterocycles. The zero-order valence-electron chi connectivity index (χ0n) is 14.5. The Hall–Kier alpha value is -1.59. The van der Waals surface area contributed by atoms with Crippen molar-refractivity contribution in [3.05, 3.63) is 24.3 Å². The summed E-state index contributed by atoms with van der Waals surface area (Å²) in [6.07, 6.45) is 3.12. The van der Waals surface area contributed by atoms with Gasteiger partial charge in [0.05, 0.1) is 0 Å². The first-order valence-electron chi connectivity index (χ1n) is 8.45. The monoisotopic (exact) mass is 322 g/mol. The lowest BCUT2D eigenvalue weighted by molar-refractivity contribution is -0.116. The molecular formula is C18H30N2O3. The highest BCUT2D eigenvalue weighted by Crippen LogP contribution is 2.16. The maximum atomic E-state index is 11.7. The fraction of sp³-hybridized carbons (Fsp3) is 0.611. The molecule has 0 aromatic heterocycles. The molecule has 0 bridgehead atoms. The molecule has 130 valence electrons. The number of aliphatic hydroxyl groups excluding tert-OH is 1. The fourth-order valence-corrected chi connectivity index (χ4v) is 2.02. The molecule has 0 aliphatic rings. The molecule has 0 fully saturated rings. The first-order valence-corrected chi connectivity index (χ1v) is 8.45. The highest BCUT2D eigenvalue weighted by molar-refractivity contribution is 5.90. The molecule has 5 nitrogen and oxygen atoms in total. The number of amides is 1. The number of hydrogen-bond acceptors (Lipinski definition) is 4. The summed E-state index contributed by atoms with van der Waals surface area (Å²) in [6, 6.07) is 7.55. The zero-order valence-corrected chi connectivity index (χ0v) is 14.5. The van der Waals surface area contributed by atoms with Gasteiger partial charge in [-0.2, -0.15) is 0 Å². The second-order valence-corrected chi connectivity index (χ2v) is 6.06. The van der Waals surface area contributed by atoms with Crippen LogP contribution in [0, 0.1) is 0 Å². The van der Waals surface area contributed by atoms with Crippen LogP contribution in [0.3, 0.4) is 0 Å². The summed E-state index contributed by atoms with van der Waals surface area (Å²) < 4.78 is 5.54. The molecule has 1 aromatic rings. The van der Waals surface area contributed by atoms with Crippen molar-refractivity contribution in [2.45, 2.75) is 58.6 Å². The van der Waals surface area contributed by atoms with Crippen molar-refractivity contribution in [1.82, 2.24) is 5.32 Å². The summed E-state index contributed by atoms with van der Waals surface area (Å²) in [6.45, 7) is 6.92. The molecule has 0 saturated heterocycles. The number of nitrogens with one attached hydrogen (secondary N) is 2. The number of carbonyl (C=O) groups is 1. The smallest absolute Gasteiger partial charge is 0.224 e. The lowest BCUT2D eigenvalue weighted by Crippen LogP contribution is -2.35. The van der Waals surface area contributed by atoms with E-state index < -0.39 is 6.10 Å². The first kappa shape index (κ1) is 19.5. The normalized spacial score (nSPS) is 12.2. The van der Waals surface area contributed by atoms with E-state index in [2.05, 4.69) is 17.6 Å². The van der Waals surface area contributed by atoms with Crippen molar-refractivity contribution in [2.75, 3.05) is 18.5 Å². The number of carbonyl (C=O) groups excluding carboxylic acids is 1. The zero-order chi connectivity index (χ0) is 17.1. The summed E-state index contributed by atoms with van der Waals surface area (Å²) in [5, 5.41) is 15.8. The SMILES string of the molecule is CCCCCC(=O)Nc1ccc(OC[C@@H](O)CNC(C)C)cc1. The standard InChI is InChI=1S/C18H30N2O3/c1-4-5-6-7-18(22)20-15-8-10-17(11-9-15)23-13-16(21)12-19-14(2)3/h8-11,14,16,19,21H,4-7,12-13H2,1-3H3,(H,20,22)/t16-/m0/s1. The van der Waals surface area contributed by atoms with Crippen molar-refractivity contribution >= 4 is 11.6 Å². The van der Waals surface area contributed by atoms with Crippen molar-refractivity contribution in [1.29, 1.82) is 0 Å². The molecular weight excluding hydrogens is 292 g/mol. The highest BCUT2D eigenvalue weighted by Gasteiger charge is 2.06. The molecule has 0 saturated carbocycles. The van der Waals surface area contributed by atoms with Gasteiger partial charge in [-0.05, 0) is 30.7 Å². The largest absolute Gasteiger partial charge is 0.491 e. The van der Waals surface area contributed by atoms with Gasteiger partial charge in [-0.3, -0.25) is 4.79 Å². The quantitative estimate of drug-likeness (QED) is 0.548. The first-order chi connectivity index (χ1) is 11.0. The van der Waals surface area contributed by atoms with Gasteiger partial charge in [-0.25, -0.2) is 0 Å². The van der Waals surface area contributed by atoms with Crippen molar-refractivity contribution in [3.63, 3.8) is 0 Å². The number of unbranched alkanes of at least 4 members (excludes halogenated alkanes) is 2. The van der Waals surface area contributed by atoms with Crippen molar-refractivity contribution in [3.8, 4) is 5.75 Å². The lowest BCUT2D eigenvalue weighted by atomic mass is 10.2. The van der Waals surface area contributed by atoms with E-state index in [1.807, 2.05) is 26.0 Å². The minimum absolute atomic E-state index is 0.0438. The summed E-state index contributed by atoms with van der Waals surface area (Å²) in [5.41, 5.74) is 0.765. The van der Waals surface area contributed by atoms with Gasteiger partial charge in [-0.15, -0.1) is 0 Å². The predicted octanol–water partition coefficient (Wildman–Crippen LogP) is 2.94. The maximum Gasteiger partial charge on any atom is 0.224 e. The van der Waals surface area contributed by atoms with E-state index >= 15 is 0 Å². The fourth-order valence-electron chi connectivity index (χ4n) is 2.02. The van der Waals surface area contributed by atoms with Crippen molar-refractivity contribution in [2.24, 2.45) is 0 Å². The van der Waals surface area contributed by atoms with Gasteiger partial charge in [0.1, 0.15) is 18.5 Å². The molecule has 1 amide bonds. The minimum atomic E-state index is -0.546. The molecule has 3 N–H and O–H groups in total. The van der Waals surface area contributed by atoms with Crippen LogP contribution >= 0.6 is 0 Å². The third-order valence-electron chi connectivity index (χ3n) is 3.35. The van der Waals surface area contributed by atoms with Crippen LogP contribution in [0.15, 0.2) is 24.3 Å². The molecule has 23 heavy (non-hydrogen) atoms. The van der Waals surface area contributed by atoms with Gasteiger partial charge in [0.25, 0.3) is 0 Å². The third-order valence-corrected chi connectivity index (χ3v) is 3.35. The van der Waals surface area contributed by atoms with Crippen LogP contribution in [-0.2, 0) is 4.79 Å². The predicted molar refractivity (Wildman–Crippen MR) is 93.9 cm³/mol. The van der Waals surface area contributed by atoms with Crippen LogP contribution in [0.25, 0.3) is 0 Å². The van der Waals surface area contributed by atoms with E-state index in [4.69, 9.17) is 4.74 Å². The average Bonchev–Trinajstić information content (AvgIpc) is 2.52. The molecule has 0 aliphatic carbocycles.